The maximum atomic E-state index is 6.10. The van der Waals surface area contributed by atoms with Gasteiger partial charge >= 0.3 is 0 Å². The summed E-state index contributed by atoms with van der Waals surface area (Å²) in [6.45, 7) is 0.484. The standard InChI is InChI=1S/C16H16ClN/c17-16-7-6-14(9-15(16)10-18)13-5-4-11-2-1-3-12(11)8-13/h4-9H,1-3,10,18H2. The summed E-state index contributed by atoms with van der Waals surface area (Å²) in [5.74, 6) is 0. The lowest BCUT2D eigenvalue weighted by molar-refractivity contribution is 0.912. The van der Waals surface area contributed by atoms with Crippen molar-refractivity contribution < 1.29 is 0 Å². The molecule has 0 amide bonds. The smallest absolute Gasteiger partial charge is 0.0451 e. The van der Waals surface area contributed by atoms with E-state index in [4.69, 9.17) is 17.3 Å². The summed E-state index contributed by atoms with van der Waals surface area (Å²) in [5.41, 5.74) is 12.2. The van der Waals surface area contributed by atoms with Crippen LogP contribution in [0.15, 0.2) is 36.4 Å². The number of nitrogens with two attached hydrogens (primary N) is 1. The van der Waals surface area contributed by atoms with Gasteiger partial charge in [-0.3, -0.25) is 0 Å². The van der Waals surface area contributed by atoms with Crippen molar-refractivity contribution in [2.45, 2.75) is 25.8 Å². The highest BCUT2D eigenvalue weighted by Gasteiger charge is 2.11. The predicted octanol–water partition coefficient (Wildman–Crippen LogP) is 3.95. The van der Waals surface area contributed by atoms with E-state index in [9.17, 15) is 0 Å². The number of halogens is 1. The molecule has 2 aromatic rings. The van der Waals surface area contributed by atoms with E-state index >= 15 is 0 Å². The molecule has 0 heterocycles. The summed E-state index contributed by atoms with van der Waals surface area (Å²) in [7, 11) is 0. The van der Waals surface area contributed by atoms with E-state index in [-0.39, 0.29) is 0 Å². The second kappa shape index (κ2) is 4.75. The molecule has 1 aliphatic rings. The molecule has 0 fully saturated rings. The Labute approximate surface area is 113 Å². The molecule has 92 valence electrons. The molecule has 1 nitrogen and oxygen atoms in total. The highest BCUT2D eigenvalue weighted by atomic mass is 35.5. The first kappa shape index (κ1) is 11.8. The van der Waals surface area contributed by atoms with E-state index in [2.05, 4.69) is 30.3 Å². The highest BCUT2D eigenvalue weighted by Crippen LogP contribution is 2.30. The third-order valence-corrected chi connectivity index (χ3v) is 4.07. The molecular formula is C16H16ClN. The predicted molar refractivity (Wildman–Crippen MR) is 76.8 cm³/mol. The summed E-state index contributed by atoms with van der Waals surface area (Å²) in [5, 5.41) is 0.752. The molecule has 1 aliphatic carbocycles. The highest BCUT2D eigenvalue weighted by molar-refractivity contribution is 6.31. The average Bonchev–Trinajstić information content (AvgIpc) is 2.86. The van der Waals surface area contributed by atoms with Gasteiger partial charge in [0, 0.05) is 11.6 Å². The quantitative estimate of drug-likeness (QED) is 0.866. The molecule has 0 aliphatic heterocycles. The minimum atomic E-state index is 0.484. The number of fused-ring (bicyclic) bond motifs is 1. The van der Waals surface area contributed by atoms with Gasteiger partial charge in [0.2, 0.25) is 0 Å². The normalized spacial score (nSPS) is 13.7. The summed E-state index contributed by atoms with van der Waals surface area (Å²) in [4.78, 5) is 0. The first-order valence-corrected chi connectivity index (χ1v) is 6.76. The third kappa shape index (κ3) is 2.05. The number of hydrogen-bond acceptors (Lipinski definition) is 1. The molecule has 0 unspecified atom stereocenters. The van der Waals surface area contributed by atoms with Crippen LogP contribution in [0.2, 0.25) is 5.02 Å². The van der Waals surface area contributed by atoms with E-state index in [1.807, 2.05) is 6.07 Å². The number of hydrogen-bond donors (Lipinski definition) is 1. The van der Waals surface area contributed by atoms with E-state index in [0.717, 1.165) is 10.6 Å². The van der Waals surface area contributed by atoms with Crippen LogP contribution in [0.25, 0.3) is 11.1 Å². The van der Waals surface area contributed by atoms with Gasteiger partial charge in [-0.1, -0.05) is 35.9 Å². The largest absolute Gasteiger partial charge is 0.326 e. The molecule has 2 heteroatoms. The van der Waals surface area contributed by atoms with Crippen LogP contribution >= 0.6 is 11.6 Å². The Morgan fingerprint density at radius 2 is 1.67 bits per heavy atom. The van der Waals surface area contributed by atoms with Crippen LogP contribution in [0.5, 0.6) is 0 Å². The van der Waals surface area contributed by atoms with Crippen molar-refractivity contribution in [1.29, 1.82) is 0 Å². The molecule has 0 saturated carbocycles. The van der Waals surface area contributed by atoms with Crippen molar-refractivity contribution in [3.63, 3.8) is 0 Å². The zero-order chi connectivity index (χ0) is 12.5. The summed E-state index contributed by atoms with van der Waals surface area (Å²) >= 11 is 6.10. The Kier molecular flexibility index (Phi) is 3.11. The van der Waals surface area contributed by atoms with Crippen LogP contribution < -0.4 is 5.73 Å². The van der Waals surface area contributed by atoms with E-state index < -0.39 is 0 Å². The molecule has 3 rings (SSSR count). The fourth-order valence-corrected chi connectivity index (χ4v) is 2.86. The van der Waals surface area contributed by atoms with Crippen molar-refractivity contribution >= 4 is 11.6 Å². The minimum absolute atomic E-state index is 0.484. The lowest BCUT2D eigenvalue weighted by Gasteiger charge is -2.08. The van der Waals surface area contributed by atoms with E-state index in [1.54, 1.807) is 0 Å². The van der Waals surface area contributed by atoms with Crippen LogP contribution in [0.1, 0.15) is 23.1 Å². The summed E-state index contributed by atoms with van der Waals surface area (Å²) in [6.07, 6.45) is 3.72. The van der Waals surface area contributed by atoms with Crippen LogP contribution in [0.4, 0.5) is 0 Å². The fourth-order valence-electron chi connectivity index (χ4n) is 2.66. The zero-order valence-corrected chi connectivity index (χ0v) is 11.0. The molecule has 0 spiro atoms. The van der Waals surface area contributed by atoms with Gasteiger partial charge in [-0.15, -0.1) is 0 Å². The zero-order valence-electron chi connectivity index (χ0n) is 10.2. The number of rotatable bonds is 2. The number of aryl methyl sites for hydroxylation is 2. The summed E-state index contributed by atoms with van der Waals surface area (Å²) < 4.78 is 0. The molecule has 18 heavy (non-hydrogen) atoms. The van der Waals surface area contributed by atoms with Gasteiger partial charge in [-0.25, -0.2) is 0 Å². The van der Waals surface area contributed by atoms with Gasteiger partial charge in [0.05, 0.1) is 0 Å². The van der Waals surface area contributed by atoms with Crippen LogP contribution in [-0.2, 0) is 19.4 Å². The molecule has 0 aromatic heterocycles. The fraction of sp³-hybridized carbons (Fsp3) is 0.250. The molecular weight excluding hydrogens is 242 g/mol. The summed E-state index contributed by atoms with van der Waals surface area (Å²) in [6, 6.07) is 12.9. The SMILES string of the molecule is NCc1cc(-c2ccc3c(c2)CCC3)ccc1Cl. The maximum absolute atomic E-state index is 6.10. The molecule has 2 N–H and O–H groups in total. The van der Waals surface area contributed by atoms with Gasteiger partial charge in [-0.05, 0) is 59.2 Å². The lowest BCUT2D eigenvalue weighted by atomic mass is 9.99. The average molecular weight is 258 g/mol. The van der Waals surface area contributed by atoms with Crippen molar-refractivity contribution in [3.05, 3.63) is 58.1 Å². The third-order valence-electron chi connectivity index (χ3n) is 3.70. The number of benzene rings is 2. The van der Waals surface area contributed by atoms with Crippen LogP contribution in [0.3, 0.4) is 0 Å². The second-order valence-corrected chi connectivity index (χ2v) is 5.25. The molecule has 0 atom stereocenters. The Hall–Kier alpha value is -1.31. The van der Waals surface area contributed by atoms with Crippen molar-refractivity contribution in [3.8, 4) is 11.1 Å². The first-order valence-electron chi connectivity index (χ1n) is 6.38. The molecule has 0 radical (unpaired) electrons. The monoisotopic (exact) mass is 257 g/mol. The molecule has 0 saturated heterocycles. The van der Waals surface area contributed by atoms with Gasteiger partial charge in [0.15, 0.2) is 0 Å². The lowest BCUT2D eigenvalue weighted by Crippen LogP contribution is -1.97. The first-order chi connectivity index (χ1) is 8.78. The van der Waals surface area contributed by atoms with Gasteiger partial charge < -0.3 is 5.73 Å². The maximum Gasteiger partial charge on any atom is 0.0451 e. The van der Waals surface area contributed by atoms with Crippen molar-refractivity contribution in [1.82, 2.24) is 0 Å². The van der Waals surface area contributed by atoms with E-state index in [1.165, 1.54) is 41.5 Å². The van der Waals surface area contributed by atoms with Gasteiger partial charge in [0.1, 0.15) is 0 Å². The minimum Gasteiger partial charge on any atom is -0.326 e. The Morgan fingerprint density at radius 1 is 0.944 bits per heavy atom. The second-order valence-electron chi connectivity index (χ2n) is 4.85. The topological polar surface area (TPSA) is 26.0 Å². The van der Waals surface area contributed by atoms with Gasteiger partial charge in [0.25, 0.3) is 0 Å². The Bertz CT molecular complexity index is 581. The van der Waals surface area contributed by atoms with E-state index in [0.29, 0.717) is 6.54 Å². The Morgan fingerprint density at radius 3 is 2.50 bits per heavy atom. The van der Waals surface area contributed by atoms with Crippen LogP contribution in [0, 0.1) is 0 Å². The Balaban J connectivity index is 2.04. The van der Waals surface area contributed by atoms with Crippen molar-refractivity contribution in [2.75, 3.05) is 0 Å². The molecule has 0 bridgehead atoms. The molecule has 2 aromatic carbocycles. The van der Waals surface area contributed by atoms with Crippen LogP contribution in [-0.4, -0.2) is 0 Å². The van der Waals surface area contributed by atoms with Gasteiger partial charge in [-0.2, -0.15) is 0 Å². The van der Waals surface area contributed by atoms with Crippen molar-refractivity contribution in [2.24, 2.45) is 5.73 Å².